The van der Waals surface area contributed by atoms with Crippen molar-refractivity contribution in [1.29, 1.82) is 0 Å². The third kappa shape index (κ3) is 27.3. The van der Waals surface area contributed by atoms with Crippen molar-refractivity contribution < 1.29 is 54.3 Å². The molecule has 0 saturated carbocycles. The van der Waals surface area contributed by atoms with Gasteiger partial charge in [0.15, 0.2) is 0 Å². The van der Waals surface area contributed by atoms with E-state index in [2.05, 4.69) is 0 Å². The van der Waals surface area contributed by atoms with Gasteiger partial charge < -0.3 is 31.3 Å². The molecular formula is C12H19NO11. The monoisotopic (exact) mass is 353 g/mol. The van der Waals surface area contributed by atoms with Crippen molar-refractivity contribution in [2.45, 2.75) is 38.6 Å². The number of nitrogens with two attached hydrogens (primary N) is 1. The molecule has 12 heteroatoms. The second kappa shape index (κ2) is 14.9. The van der Waals surface area contributed by atoms with Crippen molar-refractivity contribution in [1.82, 2.24) is 0 Å². The second-order valence-electron chi connectivity index (χ2n) is 4.03. The van der Waals surface area contributed by atoms with Crippen LogP contribution in [0.25, 0.3) is 0 Å². The first-order valence-electron chi connectivity index (χ1n) is 6.18. The van der Waals surface area contributed by atoms with E-state index in [9.17, 15) is 28.8 Å². The minimum absolute atomic E-state index is 0.0231. The van der Waals surface area contributed by atoms with Crippen LogP contribution in [0.4, 0.5) is 0 Å². The van der Waals surface area contributed by atoms with Crippen molar-refractivity contribution >= 4 is 35.6 Å². The quantitative estimate of drug-likeness (QED) is 0.284. The average Bonchev–Trinajstić information content (AvgIpc) is 2.43. The van der Waals surface area contributed by atoms with Crippen LogP contribution in [0.3, 0.4) is 0 Å². The summed E-state index contributed by atoms with van der Waals surface area (Å²) in [6, 6.07) is -1.06. The first-order chi connectivity index (χ1) is 10.8. The van der Waals surface area contributed by atoms with E-state index in [1.807, 2.05) is 0 Å². The van der Waals surface area contributed by atoms with E-state index in [1.165, 1.54) is 0 Å². The van der Waals surface area contributed by atoms with Crippen LogP contribution < -0.4 is 5.73 Å². The Balaban J connectivity index is -0.000000285. The molecule has 24 heavy (non-hydrogen) atoms. The molecule has 12 nitrogen and oxygen atoms in total. The zero-order valence-corrected chi connectivity index (χ0v) is 12.7. The van der Waals surface area contributed by atoms with E-state index >= 15 is 0 Å². The number of Topliss-reactive ketones (excluding diaryl/α,β-unsaturated/α-hetero) is 1. The lowest BCUT2D eigenvalue weighted by atomic mass is 10.2. The summed E-state index contributed by atoms with van der Waals surface area (Å²) >= 11 is 0. The van der Waals surface area contributed by atoms with Crippen molar-refractivity contribution in [3.8, 4) is 0 Å². The molecule has 0 heterocycles. The number of carbonyl (C=O) groups excluding carboxylic acids is 1. The number of ketones is 1. The van der Waals surface area contributed by atoms with Crippen LogP contribution in [0, 0.1) is 0 Å². The van der Waals surface area contributed by atoms with Crippen LogP contribution in [0.15, 0.2) is 0 Å². The third-order valence-electron chi connectivity index (χ3n) is 1.84. The van der Waals surface area contributed by atoms with E-state index in [0.29, 0.717) is 0 Å². The van der Waals surface area contributed by atoms with Crippen LogP contribution in [0.2, 0.25) is 0 Å². The fraction of sp³-hybridized carbons (Fsp3) is 0.500. The van der Waals surface area contributed by atoms with Gasteiger partial charge in [0.2, 0.25) is 5.78 Å². The summed E-state index contributed by atoms with van der Waals surface area (Å²) in [5.41, 5.74) is 5.00. The minimum atomic E-state index is -1.38. The van der Waals surface area contributed by atoms with Gasteiger partial charge in [-0.3, -0.25) is 24.0 Å². The van der Waals surface area contributed by atoms with Crippen molar-refractivity contribution in [2.75, 3.05) is 0 Å². The summed E-state index contributed by atoms with van der Waals surface area (Å²) in [6.07, 6.45) is -0.817. The molecule has 0 aliphatic carbocycles. The van der Waals surface area contributed by atoms with Gasteiger partial charge in [-0.05, 0) is 6.42 Å². The summed E-state index contributed by atoms with van der Waals surface area (Å²) < 4.78 is 0. The number of aliphatic carboxylic acids is 5. The standard InChI is InChI=1S/C5H9NO4.C4H6O4.C3H4O3/c6-3(5(9)10)1-2-4(7)8;5-3(6)1-2-4(7)8;1-2(4)3(5)6/h3H,1-2,6H2,(H,7,8)(H,9,10);1-2H2,(H,5,6)(H,7,8);1H3,(H,5,6)/t3-;;/m0../s1. The summed E-state index contributed by atoms with van der Waals surface area (Å²) in [4.78, 5) is 58.0. The summed E-state index contributed by atoms with van der Waals surface area (Å²) in [6.45, 7) is 1.00. The number of carbonyl (C=O) groups is 6. The van der Waals surface area contributed by atoms with E-state index < -0.39 is 41.7 Å². The lowest BCUT2D eigenvalue weighted by Crippen LogP contribution is -2.30. The average molecular weight is 353 g/mol. The Bertz CT molecular complexity index is 446. The van der Waals surface area contributed by atoms with Crippen LogP contribution >= 0.6 is 0 Å². The lowest BCUT2D eigenvalue weighted by Gasteiger charge is -2.01. The molecule has 0 unspecified atom stereocenters. The molecule has 138 valence electrons. The molecule has 0 aromatic rings. The van der Waals surface area contributed by atoms with Crippen LogP contribution in [-0.4, -0.2) is 67.2 Å². The van der Waals surface area contributed by atoms with E-state index in [-0.39, 0.29) is 25.7 Å². The maximum absolute atomic E-state index is 9.99. The maximum atomic E-state index is 9.99. The van der Waals surface area contributed by atoms with Gasteiger partial charge in [0, 0.05) is 13.3 Å². The Morgan fingerprint density at radius 1 is 0.750 bits per heavy atom. The lowest BCUT2D eigenvalue weighted by molar-refractivity contribution is -0.148. The molecule has 0 rings (SSSR count). The molecule has 0 saturated heterocycles. The summed E-state index contributed by atoms with van der Waals surface area (Å²) in [5, 5.41) is 39.7. The summed E-state index contributed by atoms with van der Waals surface area (Å²) in [7, 11) is 0. The number of rotatable bonds is 8. The Labute approximate surface area is 135 Å². The number of carboxylic acid groups (broad SMARTS) is 5. The fourth-order valence-corrected chi connectivity index (χ4v) is 0.616. The first kappa shape index (κ1) is 25.9. The number of carboxylic acids is 5. The minimum Gasteiger partial charge on any atom is -0.481 e. The fourth-order valence-electron chi connectivity index (χ4n) is 0.616. The summed E-state index contributed by atoms with van der Waals surface area (Å²) in [5.74, 6) is -6.55. The van der Waals surface area contributed by atoms with Gasteiger partial charge in [-0.25, -0.2) is 4.79 Å². The van der Waals surface area contributed by atoms with Crippen molar-refractivity contribution in [3.05, 3.63) is 0 Å². The second-order valence-corrected chi connectivity index (χ2v) is 4.03. The Hall–Kier alpha value is -3.02. The van der Waals surface area contributed by atoms with Gasteiger partial charge in [-0.2, -0.15) is 0 Å². The SMILES string of the molecule is CC(=O)C(=O)O.N[C@@H](CCC(=O)O)C(=O)O.O=C(O)CCC(=O)O. The molecule has 0 amide bonds. The molecule has 7 N–H and O–H groups in total. The van der Waals surface area contributed by atoms with Crippen LogP contribution in [0.5, 0.6) is 0 Å². The van der Waals surface area contributed by atoms with Crippen molar-refractivity contribution in [3.63, 3.8) is 0 Å². The molecular weight excluding hydrogens is 334 g/mol. The predicted molar refractivity (Wildman–Crippen MR) is 75.3 cm³/mol. The zero-order valence-electron chi connectivity index (χ0n) is 12.7. The number of hydrogen-bond acceptors (Lipinski definition) is 7. The molecule has 0 aromatic carbocycles. The van der Waals surface area contributed by atoms with E-state index in [0.717, 1.165) is 6.92 Å². The van der Waals surface area contributed by atoms with Gasteiger partial charge in [-0.15, -0.1) is 0 Å². The highest BCUT2D eigenvalue weighted by Gasteiger charge is 2.12. The van der Waals surface area contributed by atoms with Gasteiger partial charge in [0.05, 0.1) is 12.8 Å². The topological polar surface area (TPSA) is 230 Å². The van der Waals surface area contributed by atoms with Crippen molar-refractivity contribution in [2.24, 2.45) is 5.73 Å². The zero-order chi connectivity index (χ0) is 19.9. The highest BCUT2D eigenvalue weighted by Crippen LogP contribution is 1.93. The molecule has 0 aromatic heterocycles. The predicted octanol–water partition coefficient (Wildman–Crippen LogP) is -1.14. The highest BCUT2D eigenvalue weighted by molar-refractivity contribution is 6.31. The number of hydrogen-bond donors (Lipinski definition) is 6. The molecule has 0 aliphatic rings. The smallest absolute Gasteiger partial charge is 0.371 e. The molecule has 0 bridgehead atoms. The van der Waals surface area contributed by atoms with Gasteiger partial charge in [-0.1, -0.05) is 0 Å². The van der Waals surface area contributed by atoms with Gasteiger partial charge in [0.25, 0.3) is 0 Å². The van der Waals surface area contributed by atoms with Crippen LogP contribution in [0.1, 0.15) is 32.6 Å². The molecule has 0 aliphatic heterocycles. The molecule has 0 radical (unpaired) electrons. The third-order valence-corrected chi connectivity index (χ3v) is 1.84. The highest BCUT2D eigenvalue weighted by atomic mass is 16.4. The molecule has 1 atom stereocenters. The van der Waals surface area contributed by atoms with E-state index in [4.69, 9.17) is 31.3 Å². The normalized spacial score (nSPS) is 9.92. The van der Waals surface area contributed by atoms with E-state index in [1.54, 1.807) is 0 Å². The largest absolute Gasteiger partial charge is 0.481 e. The van der Waals surface area contributed by atoms with Crippen LogP contribution in [-0.2, 0) is 28.8 Å². The maximum Gasteiger partial charge on any atom is 0.371 e. The Morgan fingerprint density at radius 3 is 1.21 bits per heavy atom. The molecule has 0 fully saturated rings. The molecule has 0 spiro atoms. The Kier molecular flexibility index (Phi) is 16.1. The van der Waals surface area contributed by atoms with Gasteiger partial charge >= 0.3 is 29.8 Å². The first-order valence-corrected chi connectivity index (χ1v) is 6.18. The Morgan fingerprint density at radius 2 is 1.04 bits per heavy atom. The van der Waals surface area contributed by atoms with Gasteiger partial charge in [0.1, 0.15) is 6.04 Å².